The van der Waals surface area contributed by atoms with Crippen molar-refractivity contribution in [3.8, 4) is 0 Å². The van der Waals surface area contributed by atoms with Crippen LogP contribution in [0.4, 0.5) is 0 Å². The lowest BCUT2D eigenvalue weighted by Crippen LogP contribution is -2.06. The van der Waals surface area contributed by atoms with Gasteiger partial charge < -0.3 is 0 Å². The van der Waals surface area contributed by atoms with Gasteiger partial charge in [0, 0.05) is 5.92 Å². The molecule has 0 heterocycles. The number of hydrogen-bond donors (Lipinski definition) is 0. The predicted octanol–water partition coefficient (Wildman–Crippen LogP) is 1.50. The molecule has 0 aromatic carbocycles. The molecule has 0 radical (unpaired) electrons. The smallest absolute Gasteiger partial charge is 0.148 e. The van der Waals surface area contributed by atoms with Crippen molar-refractivity contribution < 1.29 is 0 Å². The first-order chi connectivity index (χ1) is 3.72. The normalized spacial score (nSPS) is 10.0. The van der Waals surface area contributed by atoms with Gasteiger partial charge in [0.1, 0.15) is 0 Å². The first kappa shape index (κ1) is 7.20. The summed E-state index contributed by atoms with van der Waals surface area (Å²) in [5.41, 5.74) is 0. The van der Waals surface area contributed by atoms with Crippen molar-refractivity contribution in [2.45, 2.75) is 20.0 Å². The van der Waals surface area contributed by atoms with E-state index in [1.807, 2.05) is 0 Å². The van der Waals surface area contributed by atoms with E-state index in [2.05, 4.69) is 10.4 Å². The average molecular weight is 116 g/mol. The van der Waals surface area contributed by atoms with Gasteiger partial charge in [-0.15, -0.1) is 9.81 Å². The van der Waals surface area contributed by atoms with E-state index in [1.165, 1.54) is 0 Å². The molecule has 0 spiro atoms. The predicted molar refractivity (Wildman–Crippen MR) is 30.2 cm³/mol. The van der Waals surface area contributed by atoms with E-state index in [-0.39, 0.29) is 5.92 Å². The van der Waals surface area contributed by atoms with E-state index in [0.29, 0.717) is 0 Å². The first-order valence-electron chi connectivity index (χ1n) is 2.37. The summed E-state index contributed by atoms with van der Waals surface area (Å²) in [6.07, 6.45) is -0.907. The lowest BCUT2D eigenvalue weighted by atomic mass is 10.2. The van der Waals surface area contributed by atoms with Crippen LogP contribution in [0.5, 0.6) is 0 Å². The number of hydrogen-bond acceptors (Lipinski definition) is 4. The van der Waals surface area contributed by atoms with Crippen molar-refractivity contribution in [2.75, 3.05) is 0 Å². The first-order valence-corrected chi connectivity index (χ1v) is 2.37. The van der Waals surface area contributed by atoms with Crippen molar-refractivity contribution in [1.29, 1.82) is 0 Å². The van der Waals surface area contributed by atoms with Crippen molar-refractivity contribution in [3.63, 3.8) is 0 Å². The van der Waals surface area contributed by atoms with E-state index >= 15 is 0 Å². The monoisotopic (exact) mass is 116 g/mol. The number of nitroso groups, excluding NO2 is 2. The zero-order valence-electron chi connectivity index (χ0n) is 4.87. The highest BCUT2D eigenvalue weighted by Crippen LogP contribution is 2.05. The molecule has 0 aliphatic carbocycles. The molecule has 0 amide bonds. The topological polar surface area (TPSA) is 58.9 Å². The molecule has 0 aromatic rings. The van der Waals surface area contributed by atoms with E-state index in [1.54, 1.807) is 13.8 Å². The van der Waals surface area contributed by atoms with Gasteiger partial charge in [-0.2, -0.15) is 0 Å². The van der Waals surface area contributed by atoms with E-state index in [4.69, 9.17) is 0 Å². The standard InChI is InChI=1S/C4H8N2O2/c1-3(2)4(5-7)6-8/h3-4H,1-2H3. The third-order valence-corrected chi connectivity index (χ3v) is 0.812. The highest BCUT2D eigenvalue weighted by molar-refractivity contribution is 4.64. The minimum absolute atomic E-state index is 0.0787. The Morgan fingerprint density at radius 1 is 1.12 bits per heavy atom. The van der Waals surface area contributed by atoms with Crippen LogP contribution >= 0.6 is 0 Å². The summed E-state index contributed by atoms with van der Waals surface area (Å²) >= 11 is 0. The Kier molecular flexibility index (Phi) is 2.91. The molecule has 0 atom stereocenters. The molecule has 0 aliphatic rings. The zero-order chi connectivity index (χ0) is 6.57. The van der Waals surface area contributed by atoms with Crippen LogP contribution in [0, 0.1) is 15.7 Å². The Labute approximate surface area is 47.2 Å². The molecule has 4 heteroatoms. The quantitative estimate of drug-likeness (QED) is 0.524. The Balaban J connectivity index is 3.68. The second kappa shape index (κ2) is 3.23. The van der Waals surface area contributed by atoms with Crippen LogP contribution in [0.3, 0.4) is 0 Å². The zero-order valence-corrected chi connectivity index (χ0v) is 4.87. The fourth-order valence-corrected chi connectivity index (χ4v) is 0.263. The Hall–Kier alpha value is -0.800. The molecule has 0 fully saturated rings. The Morgan fingerprint density at radius 3 is 1.50 bits per heavy atom. The lowest BCUT2D eigenvalue weighted by Gasteiger charge is -1.99. The fraction of sp³-hybridized carbons (Fsp3) is 1.00. The molecule has 0 rings (SSSR count). The van der Waals surface area contributed by atoms with Crippen LogP contribution in [0.25, 0.3) is 0 Å². The fourth-order valence-electron chi connectivity index (χ4n) is 0.263. The summed E-state index contributed by atoms with van der Waals surface area (Å²) in [4.78, 5) is 19.3. The molecule has 0 aliphatic heterocycles. The summed E-state index contributed by atoms with van der Waals surface area (Å²) in [5.74, 6) is -0.0787. The van der Waals surface area contributed by atoms with Crippen molar-refractivity contribution >= 4 is 0 Å². The average Bonchev–Trinajstić information content (AvgIpc) is 1.69. The van der Waals surface area contributed by atoms with E-state index in [0.717, 1.165) is 0 Å². The van der Waals surface area contributed by atoms with Gasteiger partial charge in [-0.05, 0) is 10.4 Å². The van der Waals surface area contributed by atoms with E-state index in [9.17, 15) is 9.81 Å². The highest BCUT2D eigenvalue weighted by Gasteiger charge is 2.11. The summed E-state index contributed by atoms with van der Waals surface area (Å²) in [7, 11) is 0. The van der Waals surface area contributed by atoms with Crippen LogP contribution in [-0.2, 0) is 0 Å². The molecule has 0 N–H and O–H groups in total. The summed E-state index contributed by atoms with van der Waals surface area (Å²) < 4.78 is 0. The second-order valence-electron chi connectivity index (χ2n) is 1.87. The van der Waals surface area contributed by atoms with Gasteiger partial charge in [0.2, 0.25) is 6.17 Å². The number of nitrogens with zero attached hydrogens (tertiary/aromatic N) is 2. The number of rotatable bonds is 3. The summed E-state index contributed by atoms with van der Waals surface area (Å²) in [6.45, 7) is 3.43. The molecule has 0 bridgehead atoms. The molecular formula is C4H8N2O2. The third-order valence-electron chi connectivity index (χ3n) is 0.812. The maximum Gasteiger partial charge on any atom is 0.224 e. The molecule has 0 aromatic heterocycles. The van der Waals surface area contributed by atoms with Gasteiger partial charge in [-0.1, -0.05) is 13.8 Å². The van der Waals surface area contributed by atoms with Crippen LogP contribution in [0.1, 0.15) is 13.8 Å². The van der Waals surface area contributed by atoms with Crippen LogP contribution in [0.15, 0.2) is 10.4 Å². The molecule has 46 valence electrons. The molecule has 0 saturated carbocycles. The molecule has 8 heavy (non-hydrogen) atoms. The second-order valence-corrected chi connectivity index (χ2v) is 1.87. The van der Waals surface area contributed by atoms with E-state index < -0.39 is 6.17 Å². The minimum atomic E-state index is -0.907. The Morgan fingerprint density at radius 2 is 1.50 bits per heavy atom. The van der Waals surface area contributed by atoms with Crippen molar-refractivity contribution in [2.24, 2.45) is 16.3 Å². The molecule has 0 unspecified atom stereocenters. The largest absolute Gasteiger partial charge is 0.224 e. The summed E-state index contributed by atoms with van der Waals surface area (Å²) in [6, 6.07) is 0. The highest BCUT2D eigenvalue weighted by atomic mass is 16.3. The van der Waals surface area contributed by atoms with Crippen LogP contribution in [0.2, 0.25) is 0 Å². The van der Waals surface area contributed by atoms with Gasteiger partial charge in [0.05, 0.1) is 0 Å². The maximum atomic E-state index is 9.63. The van der Waals surface area contributed by atoms with Crippen LogP contribution in [-0.4, -0.2) is 6.17 Å². The van der Waals surface area contributed by atoms with Gasteiger partial charge in [-0.3, -0.25) is 0 Å². The van der Waals surface area contributed by atoms with Gasteiger partial charge in [0.15, 0.2) is 0 Å². The van der Waals surface area contributed by atoms with Crippen molar-refractivity contribution in [1.82, 2.24) is 0 Å². The van der Waals surface area contributed by atoms with Crippen molar-refractivity contribution in [3.05, 3.63) is 9.81 Å². The summed E-state index contributed by atoms with van der Waals surface area (Å²) in [5, 5.41) is 4.95. The molecular weight excluding hydrogens is 108 g/mol. The molecule has 0 saturated heterocycles. The SMILES string of the molecule is CC(C)C(N=O)N=O. The van der Waals surface area contributed by atoms with Gasteiger partial charge in [0.25, 0.3) is 0 Å². The Bertz CT molecular complexity index is 84.0. The minimum Gasteiger partial charge on any atom is -0.148 e. The third kappa shape index (κ3) is 1.77. The van der Waals surface area contributed by atoms with Gasteiger partial charge in [-0.25, -0.2) is 0 Å². The lowest BCUT2D eigenvalue weighted by molar-refractivity contribution is 0.507. The maximum absolute atomic E-state index is 9.63. The molecule has 4 nitrogen and oxygen atoms in total. The van der Waals surface area contributed by atoms with Crippen LogP contribution < -0.4 is 0 Å². The van der Waals surface area contributed by atoms with Gasteiger partial charge >= 0.3 is 0 Å².